The van der Waals surface area contributed by atoms with Gasteiger partial charge in [-0.2, -0.15) is 0 Å². The second-order valence-corrected chi connectivity index (χ2v) is 6.97. The van der Waals surface area contributed by atoms with E-state index in [1.165, 1.54) is 6.07 Å². The fraction of sp³-hybridized carbons (Fsp3) is 0.455. The quantitative estimate of drug-likeness (QED) is 0.819. The maximum absolute atomic E-state index is 13.1. The van der Waals surface area contributed by atoms with Crippen LogP contribution in [0.1, 0.15) is 13.3 Å². The Morgan fingerprint density at radius 1 is 1.41 bits per heavy atom. The van der Waals surface area contributed by atoms with Crippen molar-refractivity contribution < 1.29 is 12.8 Å². The van der Waals surface area contributed by atoms with Crippen molar-refractivity contribution in [3.8, 4) is 0 Å². The second kappa shape index (κ2) is 6.35. The highest BCUT2D eigenvalue weighted by molar-refractivity contribution is 9.10. The fourth-order valence-corrected chi connectivity index (χ4v) is 2.39. The van der Waals surface area contributed by atoms with Gasteiger partial charge in [0.1, 0.15) is 15.7 Å². The van der Waals surface area contributed by atoms with E-state index in [1.807, 2.05) is 0 Å². The second-order valence-electron chi connectivity index (χ2n) is 3.65. The van der Waals surface area contributed by atoms with Crippen molar-refractivity contribution >= 4 is 31.5 Å². The summed E-state index contributed by atoms with van der Waals surface area (Å²) >= 11 is 3.06. The Bertz CT molecular complexity index is 476. The van der Waals surface area contributed by atoms with Crippen molar-refractivity contribution in [3.63, 3.8) is 0 Å². The molecule has 1 rings (SSSR count). The third-order valence-corrected chi connectivity index (χ3v) is 4.75. The van der Waals surface area contributed by atoms with Gasteiger partial charge in [0.2, 0.25) is 0 Å². The van der Waals surface area contributed by atoms with Gasteiger partial charge in [0.15, 0.2) is 0 Å². The monoisotopic (exact) mass is 323 g/mol. The maximum atomic E-state index is 13.1. The Balaban J connectivity index is 2.39. The molecule has 0 aromatic heterocycles. The molecule has 0 aliphatic carbocycles. The van der Waals surface area contributed by atoms with Gasteiger partial charge in [-0.05, 0) is 40.5 Å². The molecular weight excluding hydrogens is 309 g/mol. The molecule has 0 saturated heterocycles. The average Bonchev–Trinajstić information content (AvgIpc) is 2.29. The molecule has 3 nitrogen and oxygen atoms in total. The van der Waals surface area contributed by atoms with E-state index in [2.05, 4.69) is 21.2 Å². The van der Waals surface area contributed by atoms with Crippen LogP contribution in [0.25, 0.3) is 0 Å². The van der Waals surface area contributed by atoms with Crippen LogP contribution >= 0.6 is 15.9 Å². The first-order valence-corrected chi connectivity index (χ1v) is 7.95. The van der Waals surface area contributed by atoms with Crippen molar-refractivity contribution in [3.05, 3.63) is 28.5 Å². The number of hydrogen-bond acceptors (Lipinski definition) is 3. The van der Waals surface area contributed by atoms with Gasteiger partial charge in [0, 0.05) is 18.0 Å². The van der Waals surface area contributed by atoms with Crippen LogP contribution in [0.2, 0.25) is 0 Å². The van der Waals surface area contributed by atoms with Crippen LogP contribution in [0.15, 0.2) is 22.7 Å². The maximum Gasteiger partial charge on any atom is 0.150 e. The van der Waals surface area contributed by atoms with Crippen LogP contribution in [0.5, 0.6) is 0 Å². The number of sulfone groups is 1. The molecule has 1 aromatic carbocycles. The molecule has 0 aliphatic heterocycles. The smallest absolute Gasteiger partial charge is 0.150 e. The van der Waals surface area contributed by atoms with E-state index in [0.29, 0.717) is 23.1 Å². The molecule has 0 bridgehead atoms. The van der Waals surface area contributed by atoms with Crippen molar-refractivity contribution in [2.75, 3.05) is 23.4 Å². The Morgan fingerprint density at radius 2 is 2.12 bits per heavy atom. The molecule has 0 aliphatic rings. The van der Waals surface area contributed by atoms with E-state index in [-0.39, 0.29) is 17.3 Å². The Hall–Kier alpha value is -0.620. The van der Waals surface area contributed by atoms with Gasteiger partial charge in [0.25, 0.3) is 0 Å². The van der Waals surface area contributed by atoms with Crippen LogP contribution in [0.3, 0.4) is 0 Å². The molecule has 0 spiro atoms. The summed E-state index contributed by atoms with van der Waals surface area (Å²) in [7, 11) is -2.91. The molecule has 0 unspecified atom stereocenters. The highest BCUT2D eigenvalue weighted by Gasteiger charge is 2.06. The lowest BCUT2D eigenvalue weighted by Crippen LogP contribution is -2.12. The zero-order valence-corrected chi connectivity index (χ0v) is 11.9. The fourth-order valence-electron chi connectivity index (χ4n) is 1.28. The van der Waals surface area contributed by atoms with Gasteiger partial charge in [-0.15, -0.1) is 0 Å². The number of hydrogen-bond donors (Lipinski definition) is 1. The number of benzene rings is 1. The van der Waals surface area contributed by atoms with Crippen molar-refractivity contribution in [2.24, 2.45) is 0 Å². The summed E-state index contributed by atoms with van der Waals surface area (Å²) in [6.45, 7) is 2.15. The lowest BCUT2D eigenvalue weighted by molar-refractivity contribution is 0.595. The summed E-state index contributed by atoms with van der Waals surface area (Å²) in [4.78, 5) is 0. The van der Waals surface area contributed by atoms with Crippen LogP contribution in [0, 0.1) is 5.82 Å². The SMILES string of the molecule is CCS(=O)(=O)CCCNc1ccc(Br)c(F)c1. The summed E-state index contributed by atoms with van der Waals surface area (Å²) in [5, 5.41) is 2.98. The van der Waals surface area contributed by atoms with Crippen molar-refractivity contribution in [1.82, 2.24) is 0 Å². The lowest BCUT2D eigenvalue weighted by Gasteiger charge is -2.07. The first-order chi connectivity index (χ1) is 7.94. The topological polar surface area (TPSA) is 46.2 Å². The minimum absolute atomic E-state index is 0.162. The molecular formula is C11H15BrFNO2S. The van der Waals surface area contributed by atoms with Crippen LogP contribution in [-0.4, -0.2) is 26.5 Å². The minimum atomic E-state index is -2.91. The lowest BCUT2D eigenvalue weighted by atomic mass is 10.3. The highest BCUT2D eigenvalue weighted by atomic mass is 79.9. The standard InChI is InChI=1S/C11H15BrFNO2S/c1-2-17(15,16)7-3-6-14-9-4-5-10(12)11(13)8-9/h4-5,8,14H,2-3,6-7H2,1H3. The number of nitrogens with one attached hydrogen (secondary N) is 1. The molecule has 1 aromatic rings. The first kappa shape index (κ1) is 14.4. The van der Waals surface area contributed by atoms with Crippen molar-refractivity contribution in [1.29, 1.82) is 0 Å². The summed E-state index contributed by atoms with van der Waals surface area (Å²) in [5.74, 6) is -0.00808. The van der Waals surface area contributed by atoms with Gasteiger partial charge in [0.05, 0.1) is 10.2 Å². The van der Waals surface area contributed by atoms with Gasteiger partial charge in [-0.1, -0.05) is 6.92 Å². The summed E-state index contributed by atoms with van der Waals surface area (Å²) in [5.41, 5.74) is 0.652. The summed E-state index contributed by atoms with van der Waals surface area (Å²) in [6, 6.07) is 4.72. The predicted octanol–water partition coefficient (Wildman–Crippen LogP) is 2.82. The molecule has 0 saturated carbocycles. The molecule has 0 heterocycles. The third kappa shape index (κ3) is 5.04. The molecule has 17 heavy (non-hydrogen) atoms. The van der Waals surface area contributed by atoms with E-state index in [4.69, 9.17) is 0 Å². The third-order valence-electron chi connectivity index (χ3n) is 2.32. The molecule has 0 atom stereocenters. The zero-order valence-electron chi connectivity index (χ0n) is 9.54. The minimum Gasteiger partial charge on any atom is -0.385 e. The highest BCUT2D eigenvalue weighted by Crippen LogP contribution is 2.19. The van der Waals surface area contributed by atoms with Crippen LogP contribution in [0.4, 0.5) is 10.1 Å². The Morgan fingerprint density at radius 3 is 2.71 bits per heavy atom. The normalized spacial score (nSPS) is 11.5. The molecule has 1 N–H and O–H groups in total. The molecule has 0 fully saturated rings. The van der Waals surface area contributed by atoms with E-state index >= 15 is 0 Å². The molecule has 96 valence electrons. The number of rotatable bonds is 6. The largest absolute Gasteiger partial charge is 0.385 e. The first-order valence-electron chi connectivity index (χ1n) is 5.34. The molecule has 0 radical (unpaired) electrons. The van der Waals surface area contributed by atoms with Gasteiger partial charge < -0.3 is 5.32 Å². The van der Waals surface area contributed by atoms with E-state index in [0.717, 1.165) is 0 Å². The van der Waals surface area contributed by atoms with Crippen LogP contribution in [-0.2, 0) is 9.84 Å². The summed E-state index contributed by atoms with van der Waals surface area (Å²) < 4.78 is 36.0. The van der Waals surface area contributed by atoms with E-state index in [1.54, 1.807) is 19.1 Å². The van der Waals surface area contributed by atoms with E-state index < -0.39 is 9.84 Å². The Kier molecular flexibility index (Phi) is 5.39. The molecule has 6 heteroatoms. The average molecular weight is 324 g/mol. The Labute approximate surface area is 109 Å². The van der Waals surface area contributed by atoms with Gasteiger partial charge >= 0.3 is 0 Å². The predicted molar refractivity (Wildman–Crippen MR) is 71.5 cm³/mol. The van der Waals surface area contributed by atoms with Gasteiger partial charge in [-0.3, -0.25) is 0 Å². The summed E-state index contributed by atoms with van der Waals surface area (Å²) in [6.07, 6.45) is 0.522. The number of halogens is 2. The van der Waals surface area contributed by atoms with Crippen molar-refractivity contribution in [2.45, 2.75) is 13.3 Å². The number of anilines is 1. The molecule has 0 amide bonds. The van der Waals surface area contributed by atoms with Gasteiger partial charge in [-0.25, -0.2) is 12.8 Å². The van der Waals surface area contributed by atoms with E-state index in [9.17, 15) is 12.8 Å². The zero-order chi connectivity index (χ0) is 12.9. The van der Waals surface area contributed by atoms with Crippen LogP contribution < -0.4 is 5.32 Å².